The van der Waals surface area contributed by atoms with E-state index in [1.54, 1.807) is 0 Å². The molecule has 1 N–H and O–H groups in total. The van der Waals surface area contributed by atoms with Gasteiger partial charge in [0.05, 0.1) is 5.92 Å². The Morgan fingerprint density at radius 1 is 1.00 bits per heavy atom. The fourth-order valence-electron chi connectivity index (χ4n) is 4.01. The van der Waals surface area contributed by atoms with Gasteiger partial charge in [0.1, 0.15) is 0 Å². The molecule has 2 fully saturated rings. The van der Waals surface area contributed by atoms with Gasteiger partial charge in [-0.1, -0.05) is 42.5 Å². The maximum atomic E-state index is 12.9. The molecule has 0 bridgehead atoms. The standard InChI is InChI=1S/C23H26N2O2/c1-16-7-5-6-10-19(16)20-14-25(23(27)18-8-3-2-4-9-18)15-21(20)22(26)24-13-17-11-12-17/h2-10,17,20-21H,11-15H2,1H3,(H,24,26)/t20-,21-/m1/s1. The molecule has 2 amide bonds. The monoisotopic (exact) mass is 362 g/mol. The van der Waals surface area contributed by atoms with Gasteiger partial charge in [-0.25, -0.2) is 0 Å². The molecule has 2 aliphatic rings. The van der Waals surface area contributed by atoms with Crippen molar-refractivity contribution in [2.24, 2.45) is 11.8 Å². The van der Waals surface area contributed by atoms with Crippen molar-refractivity contribution in [3.63, 3.8) is 0 Å². The summed E-state index contributed by atoms with van der Waals surface area (Å²) in [6.45, 7) is 3.90. The summed E-state index contributed by atoms with van der Waals surface area (Å²) < 4.78 is 0. The fourth-order valence-corrected chi connectivity index (χ4v) is 4.01. The normalized spacial score (nSPS) is 21.9. The molecule has 2 aromatic rings. The van der Waals surface area contributed by atoms with Gasteiger partial charge >= 0.3 is 0 Å². The minimum Gasteiger partial charge on any atom is -0.356 e. The number of hydrogen-bond acceptors (Lipinski definition) is 2. The predicted molar refractivity (Wildman–Crippen MR) is 105 cm³/mol. The minimum atomic E-state index is -0.197. The van der Waals surface area contributed by atoms with E-state index in [0.717, 1.165) is 6.54 Å². The average Bonchev–Trinajstić information content (AvgIpc) is 3.43. The number of hydrogen-bond donors (Lipinski definition) is 1. The van der Waals surface area contributed by atoms with Crippen molar-refractivity contribution in [1.29, 1.82) is 0 Å². The van der Waals surface area contributed by atoms with Crippen molar-refractivity contribution in [2.45, 2.75) is 25.7 Å². The van der Waals surface area contributed by atoms with Crippen LogP contribution >= 0.6 is 0 Å². The van der Waals surface area contributed by atoms with Crippen LogP contribution in [0.5, 0.6) is 0 Å². The summed E-state index contributed by atoms with van der Waals surface area (Å²) in [6, 6.07) is 17.5. The Morgan fingerprint density at radius 3 is 2.41 bits per heavy atom. The van der Waals surface area contributed by atoms with Gasteiger partial charge in [-0.05, 0) is 48.9 Å². The summed E-state index contributed by atoms with van der Waals surface area (Å²) >= 11 is 0. The van der Waals surface area contributed by atoms with E-state index in [-0.39, 0.29) is 23.7 Å². The maximum Gasteiger partial charge on any atom is 0.253 e. The lowest BCUT2D eigenvalue weighted by atomic mass is 9.86. The molecule has 4 heteroatoms. The van der Waals surface area contributed by atoms with E-state index < -0.39 is 0 Å². The van der Waals surface area contributed by atoms with E-state index in [1.807, 2.05) is 47.4 Å². The van der Waals surface area contributed by atoms with Gasteiger partial charge in [-0.2, -0.15) is 0 Å². The average molecular weight is 362 g/mol. The molecule has 4 rings (SSSR count). The van der Waals surface area contributed by atoms with Crippen LogP contribution in [0.3, 0.4) is 0 Å². The van der Waals surface area contributed by atoms with Gasteiger partial charge in [0.15, 0.2) is 0 Å². The lowest BCUT2D eigenvalue weighted by molar-refractivity contribution is -0.125. The molecule has 0 radical (unpaired) electrons. The van der Waals surface area contributed by atoms with E-state index in [1.165, 1.54) is 24.0 Å². The number of nitrogens with zero attached hydrogens (tertiary/aromatic N) is 1. The molecule has 2 aromatic carbocycles. The van der Waals surface area contributed by atoms with Crippen LogP contribution in [0.15, 0.2) is 54.6 Å². The third-order valence-corrected chi connectivity index (χ3v) is 5.81. The van der Waals surface area contributed by atoms with Crippen molar-refractivity contribution in [2.75, 3.05) is 19.6 Å². The van der Waals surface area contributed by atoms with E-state index in [0.29, 0.717) is 24.6 Å². The Labute approximate surface area is 160 Å². The molecule has 0 unspecified atom stereocenters. The van der Waals surface area contributed by atoms with Crippen LogP contribution in [0.4, 0.5) is 0 Å². The summed E-state index contributed by atoms with van der Waals surface area (Å²) in [5.41, 5.74) is 3.03. The van der Waals surface area contributed by atoms with E-state index in [2.05, 4.69) is 24.4 Å². The zero-order valence-corrected chi connectivity index (χ0v) is 15.7. The third kappa shape index (κ3) is 3.90. The Hall–Kier alpha value is -2.62. The first-order valence-electron chi connectivity index (χ1n) is 9.81. The highest BCUT2D eigenvalue weighted by atomic mass is 16.2. The van der Waals surface area contributed by atoms with Gasteiger partial charge in [0, 0.05) is 31.1 Å². The number of rotatable bonds is 5. The number of amides is 2. The molecule has 4 nitrogen and oxygen atoms in total. The van der Waals surface area contributed by atoms with Gasteiger partial charge < -0.3 is 10.2 Å². The highest BCUT2D eigenvalue weighted by molar-refractivity contribution is 5.95. The summed E-state index contributed by atoms with van der Waals surface area (Å²) in [5.74, 6) is 0.579. The molecule has 1 heterocycles. The Kier molecular flexibility index (Phi) is 4.97. The molecule has 1 saturated heterocycles. The van der Waals surface area contributed by atoms with Crippen molar-refractivity contribution in [3.8, 4) is 0 Å². The molecule has 1 aliphatic carbocycles. The Morgan fingerprint density at radius 2 is 1.70 bits per heavy atom. The van der Waals surface area contributed by atoms with Gasteiger partial charge in [0.2, 0.25) is 5.91 Å². The van der Waals surface area contributed by atoms with Gasteiger partial charge in [-0.15, -0.1) is 0 Å². The smallest absolute Gasteiger partial charge is 0.253 e. The van der Waals surface area contributed by atoms with Crippen LogP contribution in [0.2, 0.25) is 0 Å². The predicted octanol–water partition coefficient (Wildman–Crippen LogP) is 3.38. The first kappa shape index (κ1) is 17.8. The zero-order chi connectivity index (χ0) is 18.8. The summed E-state index contributed by atoms with van der Waals surface area (Å²) in [4.78, 5) is 27.7. The van der Waals surface area contributed by atoms with Crippen molar-refractivity contribution >= 4 is 11.8 Å². The first-order valence-corrected chi connectivity index (χ1v) is 9.81. The molecular formula is C23H26N2O2. The Bertz CT molecular complexity index is 829. The van der Waals surface area contributed by atoms with E-state index in [9.17, 15) is 9.59 Å². The summed E-state index contributed by atoms with van der Waals surface area (Å²) in [5, 5.41) is 3.13. The quantitative estimate of drug-likeness (QED) is 0.886. The number of carbonyl (C=O) groups is 2. The minimum absolute atomic E-state index is 0.00618. The van der Waals surface area contributed by atoms with Gasteiger partial charge in [0.25, 0.3) is 5.91 Å². The SMILES string of the molecule is Cc1ccccc1[C@H]1CN(C(=O)c2ccccc2)C[C@H]1C(=O)NCC1CC1. The van der Waals surface area contributed by atoms with Crippen LogP contribution in [0.1, 0.15) is 40.2 Å². The highest BCUT2D eigenvalue weighted by Gasteiger charge is 2.41. The van der Waals surface area contributed by atoms with Crippen LogP contribution in [-0.2, 0) is 4.79 Å². The molecule has 1 saturated carbocycles. The van der Waals surface area contributed by atoms with E-state index in [4.69, 9.17) is 0 Å². The lowest BCUT2D eigenvalue weighted by Crippen LogP contribution is -2.36. The number of aryl methyl sites for hydroxylation is 1. The van der Waals surface area contributed by atoms with Crippen molar-refractivity contribution in [1.82, 2.24) is 10.2 Å². The second-order valence-corrected chi connectivity index (χ2v) is 7.83. The topological polar surface area (TPSA) is 49.4 Å². The number of nitrogens with one attached hydrogen (secondary N) is 1. The maximum absolute atomic E-state index is 12.9. The zero-order valence-electron chi connectivity index (χ0n) is 15.7. The highest BCUT2D eigenvalue weighted by Crippen LogP contribution is 2.35. The second-order valence-electron chi connectivity index (χ2n) is 7.83. The Balaban J connectivity index is 1.57. The van der Waals surface area contributed by atoms with Crippen LogP contribution in [-0.4, -0.2) is 36.3 Å². The summed E-state index contributed by atoms with van der Waals surface area (Å²) in [7, 11) is 0. The van der Waals surface area contributed by atoms with Crippen molar-refractivity contribution in [3.05, 3.63) is 71.3 Å². The third-order valence-electron chi connectivity index (χ3n) is 5.81. The number of benzene rings is 2. The molecular weight excluding hydrogens is 336 g/mol. The fraction of sp³-hybridized carbons (Fsp3) is 0.391. The van der Waals surface area contributed by atoms with Crippen LogP contribution < -0.4 is 5.32 Å². The molecule has 0 aromatic heterocycles. The number of carbonyl (C=O) groups excluding carboxylic acids is 2. The summed E-state index contributed by atoms with van der Waals surface area (Å²) in [6.07, 6.45) is 2.43. The molecule has 0 spiro atoms. The van der Waals surface area contributed by atoms with Crippen LogP contribution in [0.25, 0.3) is 0 Å². The van der Waals surface area contributed by atoms with Crippen LogP contribution in [0, 0.1) is 18.8 Å². The largest absolute Gasteiger partial charge is 0.356 e. The molecule has 140 valence electrons. The van der Waals surface area contributed by atoms with Gasteiger partial charge in [-0.3, -0.25) is 9.59 Å². The molecule has 1 aliphatic heterocycles. The molecule has 2 atom stereocenters. The van der Waals surface area contributed by atoms with Crippen molar-refractivity contribution < 1.29 is 9.59 Å². The number of likely N-dealkylation sites (tertiary alicyclic amines) is 1. The van der Waals surface area contributed by atoms with E-state index >= 15 is 0 Å². The first-order chi connectivity index (χ1) is 13.1. The molecule has 27 heavy (non-hydrogen) atoms. The lowest BCUT2D eigenvalue weighted by Gasteiger charge is -2.20. The second kappa shape index (κ2) is 7.55.